The van der Waals surface area contributed by atoms with Gasteiger partial charge in [0.2, 0.25) is 0 Å². The summed E-state index contributed by atoms with van der Waals surface area (Å²) >= 11 is 3.50. The standard InChI is InChI=1S/C21H24BrN5O5/c1-12(25-19(30)18(29)24-11-28)8-13-4-6-21(7-5-13)17(26-27-20(31)32-21)15-9-14(10-23)2-3-16(15)22/h2-3,9,12-13,28H,4-8,11H2,1H3,(H,24,29)(H,25,30)(H,27,31)/t12-,13?,21?/m0/s1. The Morgan fingerprint density at radius 3 is 2.78 bits per heavy atom. The molecule has 170 valence electrons. The van der Waals surface area contributed by atoms with Crippen LogP contribution in [0.15, 0.2) is 27.8 Å². The average molecular weight is 506 g/mol. The number of hydrazone groups is 1. The smallest absolute Gasteiger partial charge is 0.428 e. The summed E-state index contributed by atoms with van der Waals surface area (Å²) < 4.78 is 6.50. The van der Waals surface area contributed by atoms with E-state index in [4.69, 9.17) is 9.84 Å². The fourth-order valence-electron chi connectivity index (χ4n) is 4.25. The number of benzene rings is 1. The van der Waals surface area contributed by atoms with Gasteiger partial charge in [0.25, 0.3) is 0 Å². The Morgan fingerprint density at radius 1 is 1.41 bits per heavy atom. The second kappa shape index (κ2) is 10.1. The number of halogens is 1. The summed E-state index contributed by atoms with van der Waals surface area (Å²) in [5, 5.41) is 26.9. The first-order chi connectivity index (χ1) is 15.3. The average Bonchev–Trinajstić information content (AvgIpc) is 2.76. The number of nitriles is 1. The second-order valence-corrected chi connectivity index (χ2v) is 8.83. The number of carbonyl (C=O) groups is 3. The minimum Gasteiger partial charge on any atom is -0.435 e. The summed E-state index contributed by atoms with van der Waals surface area (Å²) in [4.78, 5) is 35.3. The van der Waals surface area contributed by atoms with E-state index in [9.17, 15) is 19.6 Å². The van der Waals surface area contributed by atoms with Crippen molar-refractivity contribution in [1.29, 1.82) is 5.26 Å². The molecule has 0 aromatic heterocycles. The molecule has 1 spiro atoms. The first-order valence-corrected chi connectivity index (χ1v) is 11.0. The number of ether oxygens (including phenoxy) is 1. The van der Waals surface area contributed by atoms with Crippen LogP contribution in [-0.2, 0) is 14.3 Å². The molecule has 0 radical (unpaired) electrons. The highest BCUT2D eigenvalue weighted by atomic mass is 79.9. The number of carbonyl (C=O) groups excluding carboxylic acids is 3. The topological polar surface area (TPSA) is 153 Å². The van der Waals surface area contributed by atoms with Crippen LogP contribution in [0.4, 0.5) is 4.79 Å². The Hall–Kier alpha value is -2.97. The normalized spacial score (nSPS) is 23.2. The summed E-state index contributed by atoms with van der Waals surface area (Å²) in [5.41, 5.74) is 3.21. The van der Waals surface area contributed by atoms with E-state index >= 15 is 0 Å². The third-order valence-electron chi connectivity index (χ3n) is 5.75. The van der Waals surface area contributed by atoms with Crippen LogP contribution in [0.5, 0.6) is 0 Å². The van der Waals surface area contributed by atoms with Crippen molar-refractivity contribution in [3.8, 4) is 6.07 Å². The molecule has 0 saturated heterocycles. The molecule has 1 aromatic rings. The number of aliphatic hydroxyl groups is 1. The fourth-order valence-corrected chi connectivity index (χ4v) is 4.69. The van der Waals surface area contributed by atoms with Gasteiger partial charge in [-0.2, -0.15) is 10.4 Å². The van der Waals surface area contributed by atoms with Crippen molar-refractivity contribution in [2.45, 2.75) is 50.7 Å². The summed E-state index contributed by atoms with van der Waals surface area (Å²) in [6.07, 6.45) is 2.57. The number of rotatable bonds is 5. The van der Waals surface area contributed by atoms with Gasteiger partial charge in [0.1, 0.15) is 12.4 Å². The zero-order valence-corrected chi connectivity index (χ0v) is 19.1. The van der Waals surface area contributed by atoms with Crippen LogP contribution in [0, 0.1) is 17.2 Å². The summed E-state index contributed by atoms with van der Waals surface area (Å²) in [6.45, 7) is 1.21. The highest BCUT2D eigenvalue weighted by Crippen LogP contribution is 2.41. The van der Waals surface area contributed by atoms with Crippen LogP contribution in [0.2, 0.25) is 0 Å². The predicted molar refractivity (Wildman–Crippen MR) is 117 cm³/mol. The molecule has 3 rings (SSSR count). The van der Waals surface area contributed by atoms with E-state index in [0.29, 0.717) is 36.1 Å². The van der Waals surface area contributed by atoms with E-state index in [1.165, 1.54) is 0 Å². The van der Waals surface area contributed by atoms with Crippen LogP contribution >= 0.6 is 15.9 Å². The van der Waals surface area contributed by atoms with Gasteiger partial charge < -0.3 is 20.5 Å². The van der Waals surface area contributed by atoms with Crippen LogP contribution in [-0.4, -0.2) is 47.1 Å². The lowest BCUT2D eigenvalue weighted by Crippen LogP contribution is -2.52. The van der Waals surface area contributed by atoms with E-state index in [1.807, 2.05) is 12.2 Å². The van der Waals surface area contributed by atoms with Crippen molar-refractivity contribution in [2.75, 3.05) is 6.73 Å². The third kappa shape index (κ3) is 5.26. The minimum absolute atomic E-state index is 0.240. The molecule has 0 bridgehead atoms. The minimum atomic E-state index is -0.900. The van der Waals surface area contributed by atoms with Gasteiger partial charge in [-0.1, -0.05) is 15.9 Å². The maximum atomic E-state index is 12.0. The third-order valence-corrected chi connectivity index (χ3v) is 6.44. The second-order valence-electron chi connectivity index (χ2n) is 7.98. The molecule has 11 heteroatoms. The summed E-state index contributed by atoms with van der Waals surface area (Å²) in [7, 11) is 0. The van der Waals surface area contributed by atoms with Gasteiger partial charge in [0.05, 0.1) is 11.6 Å². The SMILES string of the molecule is C[C@@H](CC1CCC2(CC1)OC(=O)NN=C2c1cc(C#N)ccc1Br)NC(=O)C(=O)NCO. The largest absolute Gasteiger partial charge is 0.435 e. The first kappa shape index (κ1) is 23.7. The van der Waals surface area contributed by atoms with Gasteiger partial charge >= 0.3 is 17.9 Å². The van der Waals surface area contributed by atoms with E-state index < -0.39 is 30.2 Å². The molecule has 3 amide bonds. The van der Waals surface area contributed by atoms with Crippen LogP contribution in [0.1, 0.15) is 50.2 Å². The van der Waals surface area contributed by atoms with Gasteiger partial charge in [-0.05, 0) is 63.1 Å². The number of nitrogens with one attached hydrogen (secondary N) is 3. The molecule has 4 N–H and O–H groups in total. The number of hydrogen-bond donors (Lipinski definition) is 4. The number of hydrogen-bond acceptors (Lipinski definition) is 7. The molecule has 0 unspecified atom stereocenters. The van der Waals surface area contributed by atoms with E-state index in [0.717, 1.165) is 17.3 Å². The van der Waals surface area contributed by atoms with Crippen LogP contribution < -0.4 is 16.1 Å². The molecular weight excluding hydrogens is 482 g/mol. The molecule has 1 saturated carbocycles. The number of amides is 3. The molecule has 32 heavy (non-hydrogen) atoms. The molecule has 1 aliphatic heterocycles. The van der Waals surface area contributed by atoms with E-state index in [-0.39, 0.29) is 12.0 Å². The monoisotopic (exact) mass is 505 g/mol. The van der Waals surface area contributed by atoms with Crippen molar-refractivity contribution in [2.24, 2.45) is 11.0 Å². The van der Waals surface area contributed by atoms with Gasteiger partial charge in [-0.3, -0.25) is 9.59 Å². The predicted octanol–water partition coefficient (Wildman–Crippen LogP) is 1.65. The molecule has 1 fully saturated rings. The first-order valence-electron chi connectivity index (χ1n) is 10.2. The Balaban J connectivity index is 1.69. The van der Waals surface area contributed by atoms with Crippen molar-refractivity contribution < 1.29 is 24.2 Å². The Morgan fingerprint density at radius 2 is 2.12 bits per heavy atom. The molecule has 1 aliphatic carbocycles. The lowest BCUT2D eigenvalue weighted by Gasteiger charge is -2.42. The van der Waals surface area contributed by atoms with Crippen LogP contribution in [0.25, 0.3) is 0 Å². The quantitative estimate of drug-likeness (QED) is 0.352. The molecule has 10 nitrogen and oxygen atoms in total. The number of nitrogens with zero attached hydrogens (tertiary/aromatic N) is 2. The Labute approximate surface area is 193 Å². The zero-order valence-electron chi connectivity index (χ0n) is 17.5. The zero-order chi connectivity index (χ0) is 23.3. The maximum absolute atomic E-state index is 12.0. The van der Waals surface area contributed by atoms with Gasteiger partial charge in [0.15, 0.2) is 5.60 Å². The summed E-state index contributed by atoms with van der Waals surface area (Å²) in [6, 6.07) is 7.05. The number of aliphatic hydroxyl groups excluding tert-OH is 1. The summed E-state index contributed by atoms with van der Waals surface area (Å²) in [5.74, 6) is -1.42. The van der Waals surface area contributed by atoms with Crippen molar-refractivity contribution in [3.05, 3.63) is 33.8 Å². The van der Waals surface area contributed by atoms with Crippen molar-refractivity contribution >= 4 is 39.5 Å². The Bertz CT molecular complexity index is 981. The highest BCUT2D eigenvalue weighted by molar-refractivity contribution is 9.10. The molecular formula is C21H24BrN5O5. The maximum Gasteiger partial charge on any atom is 0.428 e. The van der Waals surface area contributed by atoms with Crippen molar-refractivity contribution in [1.82, 2.24) is 16.1 Å². The molecule has 1 heterocycles. The van der Waals surface area contributed by atoms with Crippen molar-refractivity contribution in [3.63, 3.8) is 0 Å². The molecule has 1 aromatic carbocycles. The van der Waals surface area contributed by atoms with E-state index in [1.54, 1.807) is 18.2 Å². The molecule has 1 atom stereocenters. The Kier molecular flexibility index (Phi) is 7.48. The lowest BCUT2D eigenvalue weighted by atomic mass is 9.72. The van der Waals surface area contributed by atoms with Crippen LogP contribution in [0.3, 0.4) is 0 Å². The van der Waals surface area contributed by atoms with Gasteiger partial charge in [0, 0.05) is 16.1 Å². The van der Waals surface area contributed by atoms with E-state index in [2.05, 4.69) is 37.8 Å². The lowest BCUT2D eigenvalue weighted by molar-refractivity contribution is -0.140. The van der Waals surface area contributed by atoms with Gasteiger partial charge in [-0.25, -0.2) is 10.2 Å². The van der Waals surface area contributed by atoms with Gasteiger partial charge in [-0.15, -0.1) is 0 Å². The fraction of sp³-hybridized carbons (Fsp3) is 0.476. The molecule has 2 aliphatic rings. The highest BCUT2D eigenvalue weighted by Gasteiger charge is 2.46.